The van der Waals surface area contributed by atoms with Crippen LogP contribution in [0.5, 0.6) is 0 Å². The third-order valence-electron chi connectivity index (χ3n) is 4.76. The lowest BCUT2D eigenvalue weighted by molar-refractivity contribution is -0.0667. The maximum atomic E-state index is 9.48. The Bertz CT molecular complexity index is 519. The van der Waals surface area contributed by atoms with Crippen LogP contribution in [0.25, 0.3) is 0 Å². The molecule has 2 fully saturated rings. The van der Waals surface area contributed by atoms with Crippen LogP contribution in [0.4, 0.5) is 11.6 Å². The number of aliphatic hydroxyl groups excluding tert-OH is 1. The SMILES string of the molecule is C[C@@H]1CN(CCNc2cc(N3CCC[C@H]3CO)ncn2)C[C@H](C)O1. The Labute approximate surface area is 144 Å². The minimum atomic E-state index is 0.181. The molecule has 3 heterocycles. The van der Waals surface area contributed by atoms with Crippen molar-refractivity contribution in [1.82, 2.24) is 14.9 Å². The summed E-state index contributed by atoms with van der Waals surface area (Å²) in [6.45, 7) is 9.16. The predicted octanol–water partition coefficient (Wildman–Crippen LogP) is 0.959. The fourth-order valence-corrected chi connectivity index (χ4v) is 3.74. The van der Waals surface area contributed by atoms with E-state index in [2.05, 4.69) is 38.9 Å². The lowest BCUT2D eigenvalue weighted by Crippen LogP contribution is -2.46. The van der Waals surface area contributed by atoms with Crippen LogP contribution in [0.1, 0.15) is 26.7 Å². The Hall–Kier alpha value is -1.44. The second-order valence-corrected chi connectivity index (χ2v) is 6.88. The van der Waals surface area contributed by atoms with E-state index in [4.69, 9.17) is 4.74 Å². The molecule has 0 radical (unpaired) electrons. The van der Waals surface area contributed by atoms with Crippen LogP contribution in [-0.4, -0.2) is 77.6 Å². The molecule has 0 unspecified atom stereocenters. The molecule has 7 nitrogen and oxygen atoms in total. The lowest BCUT2D eigenvalue weighted by Gasteiger charge is -2.35. The molecule has 0 bridgehead atoms. The molecule has 2 aliphatic heterocycles. The van der Waals surface area contributed by atoms with Gasteiger partial charge in [0.1, 0.15) is 18.0 Å². The maximum absolute atomic E-state index is 9.48. The monoisotopic (exact) mass is 335 g/mol. The van der Waals surface area contributed by atoms with Gasteiger partial charge in [-0.15, -0.1) is 0 Å². The van der Waals surface area contributed by atoms with Gasteiger partial charge in [0.05, 0.1) is 24.9 Å². The number of ether oxygens (including phenoxy) is 1. The molecular formula is C17H29N5O2. The van der Waals surface area contributed by atoms with E-state index >= 15 is 0 Å². The van der Waals surface area contributed by atoms with Gasteiger partial charge in [0.2, 0.25) is 0 Å². The molecule has 3 rings (SSSR count). The van der Waals surface area contributed by atoms with E-state index in [1.54, 1.807) is 6.33 Å². The first-order chi connectivity index (χ1) is 11.7. The van der Waals surface area contributed by atoms with E-state index in [9.17, 15) is 5.11 Å². The second kappa shape index (κ2) is 8.09. The highest BCUT2D eigenvalue weighted by Gasteiger charge is 2.25. The van der Waals surface area contributed by atoms with E-state index in [1.807, 2.05) is 6.07 Å². The minimum Gasteiger partial charge on any atom is -0.394 e. The molecule has 0 amide bonds. The van der Waals surface area contributed by atoms with Crippen molar-refractivity contribution in [3.63, 3.8) is 0 Å². The predicted molar refractivity (Wildman–Crippen MR) is 94.4 cm³/mol. The molecule has 0 aliphatic carbocycles. The number of hydrogen-bond acceptors (Lipinski definition) is 7. The van der Waals surface area contributed by atoms with E-state index in [-0.39, 0.29) is 12.6 Å². The van der Waals surface area contributed by atoms with Crippen LogP contribution in [0, 0.1) is 0 Å². The third kappa shape index (κ3) is 4.34. The van der Waals surface area contributed by atoms with Crippen LogP contribution in [0.2, 0.25) is 0 Å². The Morgan fingerprint density at radius 1 is 1.29 bits per heavy atom. The smallest absolute Gasteiger partial charge is 0.134 e. The van der Waals surface area contributed by atoms with Gasteiger partial charge in [-0.2, -0.15) is 0 Å². The van der Waals surface area contributed by atoms with Crippen LogP contribution in [0.15, 0.2) is 12.4 Å². The van der Waals surface area contributed by atoms with Crippen LogP contribution in [-0.2, 0) is 4.74 Å². The van der Waals surface area contributed by atoms with Gasteiger partial charge in [-0.1, -0.05) is 0 Å². The number of nitrogens with zero attached hydrogens (tertiary/aromatic N) is 4. The summed E-state index contributed by atoms with van der Waals surface area (Å²) in [4.78, 5) is 13.3. The highest BCUT2D eigenvalue weighted by atomic mass is 16.5. The molecule has 2 aliphatic rings. The van der Waals surface area contributed by atoms with E-state index < -0.39 is 0 Å². The number of aromatic nitrogens is 2. The summed E-state index contributed by atoms with van der Waals surface area (Å²) < 4.78 is 5.77. The van der Waals surface area contributed by atoms with Gasteiger partial charge >= 0.3 is 0 Å². The quantitative estimate of drug-likeness (QED) is 0.802. The summed E-state index contributed by atoms with van der Waals surface area (Å²) in [5.41, 5.74) is 0. The average Bonchev–Trinajstić information content (AvgIpc) is 3.03. The molecule has 7 heteroatoms. The highest BCUT2D eigenvalue weighted by molar-refractivity contribution is 5.49. The molecule has 0 aromatic carbocycles. The lowest BCUT2D eigenvalue weighted by atomic mass is 10.2. The van der Waals surface area contributed by atoms with Gasteiger partial charge in [0.25, 0.3) is 0 Å². The summed E-state index contributed by atoms with van der Waals surface area (Å²) in [5, 5.41) is 12.9. The van der Waals surface area contributed by atoms with E-state index in [0.29, 0.717) is 12.2 Å². The molecule has 134 valence electrons. The second-order valence-electron chi connectivity index (χ2n) is 6.88. The Kier molecular flexibility index (Phi) is 5.86. The van der Waals surface area contributed by atoms with Crippen molar-refractivity contribution in [1.29, 1.82) is 0 Å². The minimum absolute atomic E-state index is 0.181. The average molecular weight is 335 g/mol. The van der Waals surface area contributed by atoms with Crippen molar-refractivity contribution in [3.8, 4) is 0 Å². The Balaban J connectivity index is 1.51. The molecule has 1 aromatic heterocycles. The van der Waals surface area contributed by atoms with Crippen molar-refractivity contribution in [3.05, 3.63) is 12.4 Å². The van der Waals surface area contributed by atoms with Crippen molar-refractivity contribution >= 4 is 11.6 Å². The number of morpholine rings is 1. The number of anilines is 2. The van der Waals surface area contributed by atoms with E-state index in [1.165, 1.54) is 0 Å². The summed E-state index contributed by atoms with van der Waals surface area (Å²) in [7, 11) is 0. The number of nitrogens with one attached hydrogen (secondary N) is 1. The standard InChI is InChI=1S/C17H29N5O2/c1-13-9-21(10-14(2)24-13)7-5-18-16-8-17(20-12-19-16)22-6-3-4-15(22)11-23/h8,12-15,23H,3-7,9-11H2,1-2H3,(H,18,19,20)/t13-,14+,15-/m0/s1. The number of rotatable bonds is 6. The van der Waals surface area contributed by atoms with Crippen molar-refractivity contribution in [2.45, 2.75) is 44.9 Å². The van der Waals surface area contributed by atoms with Crippen molar-refractivity contribution in [2.75, 3.05) is 49.5 Å². The van der Waals surface area contributed by atoms with Crippen molar-refractivity contribution < 1.29 is 9.84 Å². The highest BCUT2D eigenvalue weighted by Crippen LogP contribution is 2.24. The zero-order valence-electron chi connectivity index (χ0n) is 14.7. The molecule has 24 heavy (non-hydrogen) atoms. The van der Waals surface area contributed by atoms with Gasteiger partial charge in [-0.3, -0.25) is 4.90 Å². The first-order valence-electron chi connectivity index (χ1n) is 8.97. The summed E-state index contributed by atoms with van der Waals surface area (Å²) in [6, 6.07) is 2.17. The van der Waals surface area contributed by atoms with Gasteiger partial charge in [0.15, 0.2) is 0 Å². The molecule has 0 saturated carbocycles. The fourth-order valence-electron chi connectivity index (χ4n) is 3.74. The first kappa shape index (κ1) is 17.4. The molecule has 2 N–H and O–H groups in total. The molecule has 2 saturated heterocycles. The largest absolute Gasteiger partial charge is 0.394 e. The first-order valence-corrected chi connectivity index (χ1v) is 8.97. The zero-order chi connectivity index (χ0) is 16.9. The van der Waals surface area contributed by atoms with Crippen LogP contribution >= 0.6 is 0 Å². The van der Waals surface area contributed by atoms with Gasteiger partial charge in [0, 0.05) is 38.8 Å². The number of hydrogen-bond donors (Lipinski definition) is 2. The summed E-state index contributed by atoms with van der Waals surface area (Å²) in [5.74, 6) is 1.75. The zero-order valence-corrected chi connectivity index (χ0v) is 14.7. The van der Waals surface area contributed by atoms with Gasteiger partial charge in [-0.05, 0) is 26.7 Å². The third-order valence-corrected chi connectivity index (χ3v) is 4.76. The maximum Gasteiger partial charge on any atom is 0.134 e. The number of aliphatic hydroxyl groups is 1. The molecular weight excluding hydrogens is 306 g/mol. The van der Waals surface area contributed by atoms with Crippen molar-refractivity contribution in [2.24, 2.45) is 0 Å². The summed E-state index contributed by atoms with van der Waals surface area (Å²) in [6.07, 6.45) is 4.32. The van der Waals surface area contributed by atoms with Crippen LogP contribution < -0.4 is 10.2 Å². The Morgan fingerprint density at radius 3 is 2.83 bits per heavy atom. The molecule has 3 atom stereocenters. The van der Waals surface area contributed by atoms with Gasteiger partial charge in [-0.25, -0.2) is 9.97 Å². The molecule has 0 spiro atoms. The Morgan fingerprint density at radius 2 is 2.08 bits per heavy atom. The normalized spacial score (nSPS) is 28.3. The molecule has 1 aromatic rings. The fraction of sp³-hybridized carbons (Fsp3) is 0.765. The van der Waals surface area contributed by atoms with E-state index in [0.717, 1.165) is 57.2 Å². The van der Waals surface area contributed by atoms with Crippen LogP contribution in [0.3, 0.4) is 0 Å². The topological polar surface area (TPSA) is 73.8 Å². The van der Waals surface area contributed by atoms with Gasteiger partial charge < -0.3 is 20.1 Å². The summed E-state index contributed by atoms with van der Waals surface area (Å²) >= 11 is 0.